The zero-order valence-corrected chi connectivity index (χ0v) is 13.6. The average Bonchev–Trinajstić information content (AvgIpc) is 2.81. The molecule has 21 heavy (non-hydrogen) atoms. The van der Waals surface area contributed by atoms with E-state index in [1.807, 2.05) is 30.5 Å². The lowest BCUT2D eigenvalue weighted by molar-refractivity contribution is -0.139. The molecule has 1 aromatic heterocycles. The molecule has 2 rings (SSSR count). The molecule has 0 saturated carbocycles. The second kappa shape index (κ2) is 7.15. The molecule has 0 spiro atoms. The van der Waals surface area contributed by atoms with Crippen LogP contribution in [0.3, 0.4) is 0 Å². The number of hydrogen-bond acceptors (Lipinski definition) is 4. The maximum Gasteiger partial charge on any atom is 0.326 e. The Labute approximate surface area is 135 Å². The number of fused-ring (bicyclic) bond motifs is 1. The summed E-state index contributed by atoms with van der Waals surface area (Å²) in [6, 6.07) is 6.54. The van der Waals surface area contributed by atoms with Gasteiger partial charge < -0.3 is 10.4 Å². The molecule has 4 nitrogen and oxygen atoms in total. The van der Waals surface area contributed by atoms with Crippen LogP contribution in [0.15, 0.2) is 24.3 Å². The predicted octanol–water partition coefficient (Wildman–Crippen LogP) is 3.49. The molecule has 112 valence electrons. The van der Waals surface area contributed by atoms with E-state index in [9.17, 15) is 9.59 Å². The first-order valence-corrected chi connectivity index (χ1v) is 8.83. The first kappa shape index (κ1) is 16.1. The lowest BCUT2D eigenvalue weighted by Gasteiger charge is -2.13. The summed E-state index contributed by atoms with van der Waals surface area (Å²) in [5.74, 6) is -0.804. The van der Waals surface area contributed by atoms with Gasteiger partial charge in [-0.05, 0) is 24.5 Å². The van der Waals surface area contributed by atoms with E-state index in [1.54, 1.807) is 0 Å². The fourth-order valence-corrected chi connectivity index (χ4v) is 3.77. The van der Waals surface area contributed by atoms with Crippen molar-refractivity contribution >= 4 is 56.7 Å². The molecular formula is C14H14ClNO3S2. The largest absolute Gasteiger partial charge is 0.480 e. The van der Waals surface area contributed by atoms with Crippen molar-refractivity contribution in [1.29, 1.82) is 0 Å². The van der Waals surface area contributed by atoms with Crippen molar-refractivity contribution in [1.82, 2.24) is 5.32 Å². The van der Waals surface area contributed by atoms with E-state index in [0.29, 0.717) is 22.1 Å². The number of hydrogen-bond donors (Lipinski definition) is 2. The van der Waals surface area contributed by atoms with Gasteiger partial charge in [-0.15, -0.1) is 11.3 Å². The van der Waals surface area contributed by atoms with Crippen molar-refractivity contribution in [2.45, 2.75) is 12.5 Å². The number of carbonyl (C=O) groups is 2. The lowest BCUT2D eigenvalue weighted by Crippen LogP contribution is -2.41. The number of thiophene rings is 1. The minimum atomic E-state index is -1.03. The molecule has 1 amide bonds. The monoisotopic (exact) mass is 343 g/mol. The Kier molecular flexibility index (Phi) is 5.50. The number of nitrogens with one attached hydrogen (secondary N) is 1. The fourth-order valence-electron chi connectivity index (χ4n) is 1.88. The van der Waals surface area contributed by atoms with Crippen molar-refractivity contribution in [2.24, 2.45) is 0 Å². The molecule has 1 heterocycles. The second-order valence-electron chi connectivity index (χ2n) is 4.39. The minimum Gasteiger partial charge on any atom is -0.480 e. The van der Waals surface area contributed by atoms with Crippen LogP contribution in [-0.2, 0) is 4.79 Å². The summed E-state index contributed by atoms with van der Waals surface area (Å²) in [6.07, 6.45) is 2.27. The predicted molar refractivity (Wildman–Crippen MR) is 88.7 cm³/mol. The summed E-state index contributed by atoms with van der Waals surface area (Å²) in [4.78, 5) is 23.8. The molecule has 0 fully saturated rings. The number of rotatable bonds is 6. The summed E-state index contributed by atoms with van der Waals surface area (Å²) in [7, 11) is 0. The molecule has 0 aliphatic rings. The summed E-state index contributed by atoms with van der Waals surface area (Å²) < 4.78 is 0.906. The van der Waals surface area contributed by atoms with E-state index < -0.39 is 17.9 Å². The lowest BCUT2D eigenvalue weighted by atomic mass is 10.2. The highest BCUT2D eigenvalue weighted by molar-refractivity contribution is 7.98. The Morgan fingerprint density at radius 3 is 2.76 bits per heavy atom. The van der Waals surface area contributed by atoms with Crippen LogP contribution < -0.4 is 5.32 Å². The van der Waals surface area contributed by atoms with Crippen molar-refractivity contribution in [2.75, 3.05) is 12.0 Å². The maximum atomic E-state index is 12.3. The Bertz CT molecular complexity index is 671. The van der Waals surface area contributed by atoms with E-state index in [0.717, 1.165) is 10.1 Å². The van der Waals surface area contributed by atoms with E-state index in [4.69, 9.17) is 16.7 Å². The zero-order chi connectivity index (χ0) is 15.4. The van der Waals surface area contributed by atoms with Gasteiger partial charge in [0.05, 0.1) is 5.02 Å². The molecule has 7 heteroatoms. The van der Waals surface area contributed by atoms with E-state index in [1.165, 1.54) is 23.1 Å². The highest BCUT2D eigenvalue weighted by Crippen LogP contribution is 2.35. The molecule has 1 atom stereocenters. The molecule has 1 unspecified atom stereocenters. The molecule has 1 aromatic carbocycles. The van der Waals surface area contributed by atoms with Gasteiger partial charge in [-0.3, -0.25) is 4.79 Å². The van der Waals surface area contributed by atoms with Gasteiger partial charge in [0, 0.05) is 10.1 Å². The number of carboxylic acids is 1. The van der Waals surface area contributed by atoms with Crippen LogP contribution in [0.1, 0.15) is 16.1 Å². The third-order valence-electron chi connectivity index (χ3n) is 2.96. The third-order valence-corrected chi connectivity index (χ3v) is 5.27. The van der Waals surface area contributed by atoms with E-state index >= 15 is 0 Å². The van der Waals surface area contributed by atoms with Crippen LogP contribution in [0.2, 0.25) is 5.02 Å². The Hall–Kier alpha value is -1.24. The molecular weight excluding hydrogens is 330 g/mol. The zero-order valence-electron chi connectivity index (χ0n) is 11.3. The van der Waals surface area contributed by atoms with Crippen molar-refractivity contribution in [3.8, 4) is 0 Å². The summed E-state index contributed by atoms with van der Waals surface area (Å²) in [6.45, 7) is 0. The SMILES string of the molecule is CSCCC(NC(=O)c1sc2ccccc2c1Cl)C(=O)O. The van der Waals surface area contributed by atoms with Gasteiger partial charge in [-0.1, -0.05) is 29.8 Å². The smallest absolute Gasteiger partial charge is 0.326 e. The highest BCUT2D eigenvalue weighted by atomic mass is 35.5. The van der Waals surface area contributed by atoms with Crippen LogP contribution in [0.25, 0.3) is 10.1 Å². The number of carboxylic acid groups (broad SMARTS) is 1. The van der Waals surface area contributed by atoms with Gasteiger partial charge in [0.2, 0.25) is 0 Å². The Morgan fingerprint density at radius 2 is 2.14 bits per heavy atom. The number of amides is 1. The molecule has 2 N–H and O–H groups in total. The Morgan fingerprint density at radius 1 is 1.43 bits per heavy atom. The number of aliphatic carboxylic acids is 1. The molecule has 0 aliphatic carbocycles. The topological polar surface area (TPSA) is 66.4 Å². The third kappa shape index (κ3) is 3.70. The van der Waals surface area contributed by atoms with Crippen LogP contribution in [0.4, 0.5) is 0 Å². The summed E-state index contributed by atoms with van der Waals surface area (Å²) in [5, 5.41) is 12.9. The van der Waals surface area contributed by atoms with Gasteiger partial charge in [0.1, 0.15) is 10.9 Å². The second-order valence-corrected chi connectivity index (χ2v) is 6.80. The van der Waals surface area contributed by atoms with Crippen LogP contribution in [0.5, 0.6) is 0 Å². The van der Waals surface area contributed by atoms with Gasteiger partial charge in [-0.25, -0.2) is 4.79 Å². The number of halogens is 1. The fraction of sp³-hybridized carbons (Fsp3) is 0.286. The first-order valence-electron chi connectivity index (χ1n) is 6.24. The normalized spacial score (nSPS) is 12.3. The molecule has 0 saturated heterocycles. The minimum absolute atomic E-state index is 0.355. The number of thioether (sulfide) groups is 1. The van der Waals surface area contributed by atoms with Gasteiger partial charge in [-0.2, -0.15) is 11.8 Å². The molecule has 0 radical (unpaired) electrons. The van der Waals surface area contributed by atoms with Gasteiger partial charge >= 0.3 is 5.97 Å². The van der Waals surface area contributed by atoms with Crippen LogP contribution in [0, 0.1) is 0 Å². The van der Waals surface area contributed by atoms with Crippen LogP contribution >= 0.6 is 34.7 Å². The highest BCUT2D eigenvalue weighted by Gasteiger charge is 2.23. The average molecular weight is 344 g/mol. The first-order chi connectivity index (χ1) is 10.0. The standard InChI is InChI=1S/C14H14ClNO3S2/c1-20-7-6-9(14(18)19)16-13(17)12-11(15)8-4-2-3-5-10(8)21-12/h2-5,9H,6-7H2,1H3,(H,16,17)(H,18,19). The summed E-state index contributed by atoms with van der Waals surface area (Å²) >= 11 is 9.02. The van der Waals surface area contributed by atoms with Crippen molar-refractivity contribution < 1.29 is 14.7 Å². The molecule has 0 bridgehead atoms. The maximum absolute atomic E-state index is 12.3. The summed E-state index contributed by atoms with van der Waals surface area (Å²) in [5.41, 5.74) is 0. The Balaban J connectivity index is 2.21. The van der Waals surface area contributed by atoms with Gasteiger partial charge in [0.25, 0.3) is 5.91 Å². The number of carbonyl (C=O) groups excluding carboxylic acids is 1. The van der Waals surface area contributed by atoms with Crippen molar-refractivity contribution in [3.63, 3.8) is 0 Å². The molecule has 0 aliphatic heterocycles. The van der Waals surface area contributed by atoms with Crippen LogP contribution in [-0.4, -0.2) is 35.0 Å². The van der Waals surface area contributed by atoms with Gasteiger partial charge in [0.15, 0.2) is 0 Å². The van der Waals surface area contributed by atoms with E-state index in [-0.39, 0.29) is 0 Å². The van der Waals surface area contributed by atoms with E-state index in [2.05, 4.69) is 5.32 Å². The van der Waals surface area contributed by atoms with Crippen molar-refractivity contribution in [3.05, 3.63) is 34.2 Å². The molecule has 2 aromatic rings. The quantitative estimate of drug-likeness (QED) is 0.842. The number of benzene rings is 1.